The van der Waals surface area contributed by atoms with Crippen LogP contribution in [0, 0.1) is 0 Å². The fraction of sp³-hybridized carbons (Fsp3) is 0.455. The van der Waals surface area contributed by atoms with Gasteiger partial charge in [-0.15, -0.1) is 0 Å². The molecule has 2 atom stereocenters. The van der Waals surface area contributed by atoms with Crippen LogP contribution in [0.5, 0.6) is 0 Å². The lowest BCUT2D eigenvalue weighted by Gasteiger charge is -2.35. The van der Waals surface area contributed by atoms with Crippen LogP contribution in [-0.2, 0) is 9.59 Å². The van der Waals surface area contributed by atoms with Gasteiger partial charge in [-0.2, -0.15) is 11.3 Å². The number of thiophene rings is 1. The summed E-state index contributed by atoms with van der Waals surface area (Å²) in [7, 11) is 0. The van der Waals surface area contributed by atoms with Crippen LogP contribution in [0.4, 0.5) is 0 Å². The number of rotatable bonds is 2. The molecule has 86 valence electrons. The Morgan fingerprint density at radius 1 is 1.56 bits per heavy atom. The Morgan fingerprint density at radius 3 is 2.88 bits per heavy atom. The normalized spacial score (nSPS) is 30.3. The van der Waals surface area contributed by atoms with Crippen LogP contribution in [0.3, 0.4) is 0 Å². The van der Waals surface area contributed by atoms with Crippen molar-refractivity contribution >= 4 is 23.1 Å². The molecule has 2 N–H and O–H groups in total. The highest BCUT2D eigenvalue weighted by atomic mass is 32.1. The average molecular weight is 240 g/mol. The Bertz CT molecular complexity index is 412. The highest BCUT2D eigenvalue weighted by Gasteiger charge is 2.49. The van der Waals surface area contributed by atoms with Crippen molar-refractivity contribution in [1.29, 1.82) is 0 Å². The largest absolute Gasteiger partial charge is 0.479 e. The second kappa shape index (κ2) is 3.99. The number of Topliss-reactive ketones (excluding diaryl/α,β-unsaturated/α-hetero) is 1. The van der Waals surface area contributed by atoms with Gasteiger partial charge in [0.15, 0.2) is 5.60 Å². The van der Waals surface area contributed by atoms with Crippen molar-refractivity contribution in [3.8, 4) is 0 Å². The summed E-state index contributed by atoms with van der Waals surface area (Å²) in [4.78, 5) is 22.4. The number of carbonyl (C=O) groups excluding carboxylic acids is 1. The van der Waals surface area contributed by atoms with Crippen LogP contribution in [-0.4, -0.2) is 27.6 Å². The first-order chi connectivity index (χ1) is 7.54. The number of carboxylic acids is 1. The van der Waals surface area contributed by atoms with E-state index < -0.39 is 17.5 Å². The third-order valence-corrected chi connectivity index (χ3v) is 3.77. The standard InChI is InChI=1S/C11H12O4S/c12-8-1-2-9(7-3-4-16-6-7)11(15,5-8)10(13)14/h3-4,6,9,15H,1-2,5H2,(H,13,14). The topological polar surface area (TPSA) is 74.6 Å². The summed E-state index contributed by atoms with van der Waals surface area (Å²) in [5.74, 6) is -1.97. The van der Waals surface area contributed by atoms with Gasteiger partial charge in [-0.3, -0.25) is 4.79 Å². The zero-order valence-electron chi connectivity index (χ0n) is 8.55. The summed E-state index contributed by atoms with van der Waals surface area (Å²) in [6, 6.07) is 1.80. The van der Waals surface area contributed by atoms with Gasteiger partial charge in [0.2, 0.25) is 0 Å². The van der Waals surface area contributed by atoms with Gasteiger partial charge < -0.3 is 10.2 Å². The monoisotopic (exact) mass is 240 g/mol. The molecule has 0 bridgehead atoms. The number of aliphatic hydroxyl groups is 1. The molecule has 0 saturated heterocycles. The Balaban J connectivity index is 2.36. The van der Waals surface area contributed by atoms with Crippen molar-refractivity contribution in [2.45, 2.75) is 30.8 Å². The maximum Gasteiger partial charge on any atom is 0.336 e. The van der Waals surface area contributed by atoms with Crippen molar-refractivity contribution in [3.05, 3.63) is 22.4 Å². The van der Waals surface area contributed by atoms with Gasteiger partial charge in [0.05, 0.1) is 0 Å². The molecule has 0 amide bonds. The van der Waals surface area contributed by atoms with Crippen LogP contribution >= 0.6 is 11.3 Å². The van der Waals surface area contributed by atoms with Crippen LogP contribution < -0.4 is 0 Å². The van der Waals surface area contributed by atoms with E-state index in [9.17, 15) is 14.7 Å². The third-order valence-electron chi connectivity index (χ3n) is 3.07. The zero-order valence-corrected chi connectivity index (χ0v) is 9.37. The Hall–Kier alpha value is -1.20. The highest BCUT2D eigenvalue weighted by molar-refractivity contribution is 7.08. The predicted molar refractivity (Wildman–Crippen MR) is 58.5 cm³/mol. The van der Waals surface area contributed by atoms with Gasteiger partial charge in [-0.05, 0) is 28.8 Å². The summed E-state index contributed by atoms with van der Waals surface area (Å²) in [5, 5.41) is 22.9. The van der Waals surface area contributed by atoms with E-state index in [-0.39, 0.29) is 12.2 Å². The molecule has 0 radical (unpaired) electrons. The molecule has 1 saturated carbocycles. The van der Waals surface area contributed by atoms with Crippen molar-refractivity contribution in [1.82, 2.24) is 0 Å². The summed E-state index contributed by atoms with van der Waals surface area (Å²) >= 11 is 1.46. The van der Waals surface area contributed by atoms with Crippen molar-refractivity contribution < 1.29 is 19.8 Å². The van der Waals surface area contributed by atoms with Crippen LogP contribution in [0.2, 0.25) is 0 Å². The van der Waals surface area contributed by atoms with Crippen molar-refractivity contribution in [2.75, 3.05) is 0 Å². The van der Waals surface area contributed by atoms with Gasteiger partial charge in [0, 0.05) is 18.8 Å². The number of aliphatic carboxylic acids is 1. The lowest BCUT2D eigenvalue weighted by Crippen LogP contribution is -2.48. The molecule has 0 aromatic carbocycles. The smallest absolute Gasteiger partial charge is 0.336 e. The summed E-state index contributed by atoms with van der Waals surface area (Å²) in [6.07, 6.45) is 0.456. The molecule has 1 aromatic heterocycles. The summed E-state index contributed by atoms with van der Waals surface area (Å²) in [5.41, 5.74) is -1.13. The first kappa shape index (κ1) is 11.3. The maximum atomic E-state index is 11.3. The predicted octanol–water partition coefficient (Wildman–Crippen LogP) is 1.40. The maximum absolute atomic E-state index is 11.3. The Morgan fingerprint density at radius 2 is 2.31 bits per heavy atom. The SMILES string of the molecule is O=C1CCC(c2ccsc2)C(O)(C(=O)O)C1. The van der Waals surface area contributed by atoms with E-state index in [1.807, 2.05) is 10.8 Å². The van der Waals surface area contributed by atoms with E-state index in [0.29, 0.717) is 12.8 Å². The number of carbonyl (C=O) groups is 2. The third kappa shape index (κ3) is 1.76. The first-order valence-corrected chi connectivity index (χ1v) is 5.98. The minimum absolute atomic E-state index is 0.184. The number of ketones is 1. The van der Waals surface area contributed by atoms with Gasteiger partial charge in [0.25, 0.3) is 0 Å². The van der Waals surface area contributed by atoms with Gasteiger partial charge in [0.1, 0.15) is 5.78 Å². The summed E-state index contributed by atoms with van der Waals surface area (Å²) in [6.45, 7) is 0. The molecule has 1 aromatic rings. The minimum atomic E-state index is -1.93. The quantitative estimate of drug-likeness (QED) is 0.819. The number of carboxylic acid groups (broad SMARTS) is 1. The molecular formula is C11H12O4S. The van der Waals surface area contributed by atoms with E-state index in [2.05, 4.69) is 0 Å². The van der Waals surface area contributed by atoms with Crippen LogP contribution in [0.25, 0.3) is 0 Å². The van der Waals surface area contributed by atoms with E-state index in [4.69, 9.17) is 5.11 Å². The lowest BCUT2D eigenvalue weighted by molar-refractivity contribution is -0.167. The molecule has 0 aliphatic heterocycles. The van der Waals surface area contributed by atoms with Gasteiger partial charge in [-0.1, -0.05) is 0 Å². The summed E-state index contributed by atoms with van der Waals surface area (Å²) < 4.78 is 0. The molecule has 5 heteroatoms. The molecule has 1 aliphatic carbocycles. The van der Waals surface area contributed by atoms with E-state index >= 15 is 0 Å². The molecule has 16 heavy (non-hydrogen) atoms. The fourth-order valence-electron chi connectivity index (χ4n) is 2.20. The van der Waals surface area contributed by atoms with Gasteiger partial charge in [-0.25, -0.2) is 4.79 Å². The molecule has 1 aliphatic rings. The molecular weight excluding hydrogens is 228 g/mol. The van der Waals surface area contributed by atoms with Gasteiger partial charge >= 0.3 is 5.97 Å². The van der Waals surface area contributed by atoms with Crippen molar-refractivity contribution in [2.24, 2.45) is 0 Å². The Labute approximate surface area is 96.5 Å². The van der Waals surface area contributed by atoms with E-state index in [1.54, 1.807) is 6.07 Å². The molecule has 2 unspecified atom stereocenters. The second-order valence-electron chi connectivity index (χ2n) is 4.09. The van der Waals surface area contributed by atoms with Crippen LogP contribution in [0.1, 0.15) is 30.7 Å². The number of hydrogen-bond donors (Lipinski definition) is 2. The minimum Gasteiger partial charge on any atom is -0.479 e. The molecule has 2 rings (SSSR count). The zero-order chi connectivity index (χ0) is 11.8. The van der Waals surface area contributed by atoms with Crippen LogP contribution in [0.15, 0.2) is 16.8 Å². The molecule has 1 fully saturated rings. The average Bonchev–Trinajstić information content (AvgIpc) is 2.70. The highest BCUT2D eigenvalue weighted by Crippen LogP contribution is 2.40. The molecule has 4 nitrogen and oxygen atoms in total. The molecule has 1 heterocycles. The second-order valence-corrected chi connectivity index (χ2v) is 4.87. The Kier molecular flexibility index (Phi) is 2.82. The fourth-order valence-corrected chi connectivity index (χ4v) is 2.91. The van der Waals surface area contributed by atoms with Crippen molar-refractivity contribution in [3.63, 3.8) is 0 Å². The van der Waals surface area contributed by atoms with E-state index in [1.165, 1.54) is 11.3 Å². The van der Waals surface area contributed by atoms with E-state index in [0.717, 1.165) is 5.56 Å². The number of hydrogen-bond acceptors (Lipinski definition) is 4. The lowest BCUT2D eigenvalue weighted by atomic mass is 9.72. The first-order valence-electron chi connectivity index (χ1n) is 5.03. The molecule has 0 spiro atoms.